The van der Waals surface area contributed by atoms with E-state index < -0.39 is 17.3 Å². The van der Waals surface area contributed by atoms with Gasteiger partial charge in [0.1, 0.15) is 13.2 Å². The molecule has 39 heavy (non-hydrogen) atoms. The Morgan fingerprint density at radius 1 is 0.487 bits per heavy atom. The van der Waals surface area contributed by atoms with E-state index in [1.807, 2.05) is 0 Å². The third kappa shape index (κ3) is 27.7. The molecule has 0 rings (SSSR count). The first-order valence-corrected chi connectivity index (χ1v) is 16.0. The number of unbranched alkanes of at least 4 members (excludes halogenated alkanes) is 16. The molecule has 0 aliphatic heterocycles. The second-order valence-corrected chi connectivity index (χ2v) is 10.9. The van der Waals surface area contributed by atoms with Crippen LogP contribution >= 0.6 is 11.6 Å². The summed E-state index contributed by atoms with van der Waals surface area (Å²) in [5.41, 5.74) is 0. The molecule has 0 aliphatic rings. The highest BCUT2D eigenvalue weighted by Gasteiger charge is 2.20. The van der Waals surface area contributed by atoms with E-state index in [2.05, 4.69) is 13.8 Å². The molecule has 0 aromatic heterocycles. The first-order valence-electron chi connectivity index (χ1n) is 15.6. The summed E-state index contributed by atoms with van der Waals surface area (Å²) in [6.45, 7) is 4.03. The van der Waals surface area contributed by atoms with E-state index in [0.717, 1.165) is 38.5 Å². The second kappa shape index (κ2) is 27.9. The topological polar surface area (TPSA) is 96.0 Å². The molecule has 0 saturated carbocycles. The molecule has 7 nitrogen and oxygen atoms in total. The van der Waals surface area contributed by atoms with Crippen molar-refractivity contribution in [1.29, 1.82) is 0 Å². The lowest BCUT2D eigenvalue weighted by molar-refractivity contribution is -0.167. The van der Waals surface area contributed by atoms with Crippen LogP contribution in [0, 0.1) is 0 Å². The van der Waals surface area contributed by atoms with Crippen molar-refractivity contribution in [2.75, 3.05) is 13.2 Å². The van der Waals surface area contributed by atoms with Crippen molar-refractivity contribution in [3.63, 3.8) is 0 Å². The third-order valence-electron chi connectivity index (χ3n) is 6.65. The maximum atomic E-state index is 12.2. The van der Waals surface area contributed by atoms with Gasteiger partial charge in [-0.1, -0.05) is 117 Å². The zero-order chi connectivity index (χ0) is 29.0. The van der Waals surface area contributed by atoms with E-state index in [1.165, 1.54) is 77.0 Å². The van der Waals surface area contributed by atoms with E-state index >= 15 is 0 Å². The van der Waals surface area contributed by atoms with Crippen molar-refractivity contribution in [3.8, 4) is 0 Å². The Morgan fingerprint density at radius 3 is 1.21 bits per heavy atom. The minimum Gasteiger partial charge on any atom is -0.462 e. The summed E-state index contributed by atoms with van der Waals surface area (Å²) in [4.78, 5) is 47.3. The van der Waals surface area contributed by atoms with Crippen molar-refractivity contribution in [2.24, 2.45) is 0 Å². The summed E-state index contributed by atoms with van der Waals surface area (Å²) in [5, 5.41) is -0.636. The van der Waals surface area contributed by atoms with Crippen molar-refractivity contribution in [1.82, 2.24) is 0 Å². The fraction of sp³-hybridized carbons (Fsp3) is 0.871. The number of rotatable bonds is 28. The largest absolute Gasteiger partial charge is 0.462 e. The van der Waals surface area contributed by atoms with Crippen LogP contribution in [0.4, 0.5) is 0 Å². The molecular formula is C31H55ClO7. The number of carbonyl (C=O) groups excluding carboxylic acids is 4. The highest BCUT2D eigenvalue weighted by Crippen LogP contribution is 2.13. The van der Waals surface area contributed by atoms with Gasteiger partial charge in [0.15, 0.2) is 6.10 Å². The van der Waals surface area contributed by atoms with Gasteiger partial charge in [-0.25, -0.2) is 0 Å². The number of esters is 3. The quantitative estimate of drug-likeness (QED) is 0.0400. The van der Waals surface area contributed by atoms with Crippen LogP contribution in [0.5, 0.6) is 0 Å². The van der Waals surface area contributed by atoms with Gasteiger partial charge in [0.2, 0.25) is 5.24 Å². The molecule has 0 N–H and O–H groups in total. The molecular weight excluding hydrogens is 520 g/mol. The van der Waals surface area contributed by atoms with Crippen LogP contribution in [0.2, 0.25) is 0 Å². The monoisotopic (exact) mass is 574 g/mol. The van der Waals surface area contributed by atoms with Crippen LogP contribution in [0.3, 0.4) is 0 Å². The summed E-state index contributed by atoms with van der Waals surface area (Å²) >= 11 is 5.30. The van der Waals surface area contributed by atoms with Gasteiger partial charge >= 0.3 is 17.9 Å². The van der Waals surface area contributed by atoms with Gasteiger partial charge in [-0.2, -0.15) is 0 Å². The van der Waals surface area contributed by atoms with Crippen molar-refractivity contribution >= 4 is 34.8 Å². The molecule has 228 valence electrons. The Bertz CT molecular complexity index is 600. The zero-order valence-corrected chi connectivity index (χ0v) is 25.5. The molecule has 0 saturated heterocycles. The van der Waals surface area contributed by atoms with Crippen LogP contribution in [0.25, 0.3) is 0 Å². The minimum atomic E-state index is -0.915. The summed E-state index contributed by atoms with van der Waals surface area (Å²) < 4.78 is 15.9. The molecule has 0 amide bonds. The molecule has 0 aromatic rings. The zero-order valence-electron chi connectivity index (χ0n) is 24.8. The van der Waals surface area contributed by atoms with Crippen LogP contribution in [0.15, 0.2) is 0 Å². The van der Waals surface area contributed by atoms with Crippen molar-refractivity contribution in [2.45, 2.75) is 161 Å². The van der Waals surface area contributed by atoms with E-state index in [1.54, 1.807) is 0 Å². The molecule has 0 spiro atoms. The van der Waals surface area contributed by atoms with Crippen LogP contribution in [-0.2, 0) is 33.4 Å². The Morgan fingerprint density at radius 2 is 0.846 bits per heavy atom. The fourth-order valence-corrected chi connectivity index (χ4v) is 4.33. The first-order chi connectivity index (χ1) is 18.9. The number of hydrogen-bond donors (Lipinski definition) is 0. The Balaban J connectivity index is 4.22. The average molecular weight is 575 g/mol. The molecule has 0 radical (unpaired) electrons. The number of hydrogen-bond acceptors (Lipinski definition) is 7. The predicted octanol–water partition coefficient (Wildman–Crippen LogP) is 8.37. The van der Waals surface area contributed by atoms with Crippen LogP contribution in [0.1, 0.15) is 155 Å². The number of halogens is 1. The van der Waals surface area contributed by atoms with Gasteiger partial charge in [0.25, 0.3) is 0 Å². The lowest BCUT2D eigenvalue weighted by Crippen LogP contribution is -2.31. The second-order valence-electron chi connectivity index (χ2n) is 10.5. The summed E-state index contributed by atoms with van der Waals surface area (Å²) in [5.74, 6) is -1.38. The highest BCUT2D eigenvalue weighted by atomic mass is 35.5. The summed E-state index contributed by atoms with van der Waals surface area (Å²) in [6.07, 6.45) is 20.1. The molecule has 0 bridgehead atoms. The number of carbonyl (C=O) groups is 4. The van der Waals surface area contributed by atoms with Crippen molar-refractivity contribution < 1.29 is 33.4 Å². The van der Waals surface area contributed by atoms with E-state index in [4.69, 9.17) is 25.8 Å². The summed E-state index contributed by atoms with van der Waals surface area (Å²) in [6, 6.07) is 0. The molecule has 0 unspecified atom stereocenters. The lowest BCUT2D eigenvalue weighted by atomic mass is 10.1. The molecule has 0 aliphatic carbocycles. The van der Waals surface area contributed by atoms with Gasteiger partial charge in [-0.05, 0) is 24.4 Å². The van der Waals surface area contributed by atoms with Crippen molar-refractivity contribution in [3.05, 3.63) is 0 Å². The van der Waals surface area contributed by atoms with Gasteiger partial charge in [-0.15, -0.1) is 0 Å². The number of ether oxygens (including phenoxy) is 3. The van der Waals surface area contributed by atoms with Gasteiger partial charge in [0.05, 0.1) is 6.42 Å². The van der Waals surface area contributed by atoms with E-state index in [0.29, 0.717) is 12.8 Å². The highest BCUT2D eigenvalue weighted by molar-refractivity contribution is 6.63. The molecule has 0 heterocycles. The fourth-order valence-electron chi connectivity index (χ4n) is 4.24. The van der Waals surface area contributed by atoms with E-state index in [-0.39, 0.29) is 38.0 Å². The SMILES string of the molecule is CCCCCCCCCCCC(=O)OCC(COC(=O)CCCCCCCCCCC)OC(=O)CCC(=O)Cl. The smallest absolute Gasteiger partial charge is 0.306 e. The third-order valence-corrected chi connectivity index (χ3v) is 6.84. The maximum Gasteiger partial charge on any atom is 0.306 e. The molecule has 0 aromatic carbocycles. The van der Waals surface area contributed by atoms with Gasteiger partial charge < -0.3 is 14.2 Å². The predicted molar refractivity (Wildman–Crippen MR) is 156 cm³/mol. The molecule has 8 heteroatoms. The van der Waals surface area contributed by atoms with Gasteiger partial charge in [0, 0.05) is 19.3 Å². The Kier molecular flexibility index (Phi) is 26.8. The van der Waals surface area contributed by atoms with E-state index in [9.17, 15) is 19.2 Å². The van der Waals surface area contributed by atoms with Gasteiger partial charge in [-0.3, -0.25) is 19.2 Å². The van der Waals surface area contributed by atoms with Crippen LogP contribution in [-0.4, -0.2) is 42.5 Å². The molecule has 0 fully saturated rings. The Hall–Kier alpha value is -1.63. The summed E-state index contributed by atoms with van der Waals surface area (Å²) in [7, 11) is 0. The Labute approximate surface area is 242 Å². The lowest BCUT2D eigenvalue weighted by Gasteiger charge is -2.18. The average Bonchev–Trinajstić information content (AvgIpc) is 2.91. The standard InChI is InChI=1S/C31H55ClO7/c1-3-5-7-9-11-13-15-17-19-21-29(34)37-25-27(39-31(36)24-23-28(32)33)26-38-30(35)22-20-18-16-14-12-10-8-6-4-2/h27H,3-26H2,1-2H3. The van der Waals surface area contributed by atoms with Crippen LogP contribution < -0.4 is 0 Å². The molecule has 0 atom stereocenters. The first kappa shape index (κ1) is 37.4. The maximum absolute atomic E-state index is 12.2. The normalized spacial score (nSPS) is 11.0. The minimum absolute atomic E-state index is 0.149.